The van der Waals surface area contributed by atoms with E-state index in [9.17, 15) is 0 Å². The molecular weight excluding hydrogens is 480 g/mol. The predicted molar refractivity (Wildman–Crippen MR) is 165 cm³/mol. The molecule has 0 aliphatic rings. The Morgan fingerprint density at radius 3 is 0.474 bits per heavy atom. The molecule has 0 aromatic carbocycles. The molecule has 0 heterocycles. The zero-order valence-electron chi connectivity index (χ0n) is 24.8. The molecule has 0 bridgehead atoms. The van der Waals surface area contributed by atoms with Crippen molar-refractivity contribution in [3.8, 4) is 0 Å². The van der Waals surface area contributed by atoms with E-state index in [4.69, 9.17) is 45.9 Å². The summed E-state index contributed by atoms with van der Waals surface area (Å²) in [6, 6.07) is 0. The second-order valence-corrected chi connectivity index (χ2v) is 9.89. The number of rotatable bonds is 28. The second kappa shape index (κ2) is 32.7. The average molecular weight is 549 g/mol. The maximum Gasteiger partial charge on any atom is 0.0506 e. The van der Waals surface area contributed by atoms with Gasteiger partial charge in [-0.3, -0.25) is 19.6 Å². The van der Waals surface area contributed by atoms with Crippen LogP contribution in [0, 0.1) is 0 Å². The molecule has 0 aromatic rings. The Morgan fingerprint density at radius 2 is 0.368 bits per heavy atom. The Morgan fingerprint density at radius 1 is 0.237 bits per heavy atom. The number of nitrogens with two attached hydrogens (primary N) is 8. The van der Waals surface area contributed by atoms with Crippen LogP contribution in [0.5, 0.6) is 0 Å². The molecule has 0 radical (unpaired) electrons. The summed E-state index contributed by atoms with van der Waals surface area (Å²) in [5, 5.41) is 0. The van der Waals surface area contributed by atoms with Crippen LogP contribution < -0.4 is 45.9 Å². The first-order chi connectivity index (χ1) is 18.6. The smallest absolute Gasteiger partial charge is 0.0506 e. The molecule has 0 saturated heterocycles. The molecule has 0 unspecified atom stereocenters. The van der Waals surface area contributed by atoms with Gasteiger partial charge in [0, 0.05) is 52.4 Å². The van der Waals surface area contributed by atoms with Crippen LogP contribution in [-0.2, 0) is 0 Å². The normalized spacial score (nSPS) is 11.7. The van der Waals surface area contributed by atoms with Crippen molar-refractivity contribution in [2.24, 2.45) is 45.9 Å². The zero-order valence-corrected chi connectivity index (χ0v) is 24.8. The Hall–Kier alpha value is -0.480. The average Bonchev–Trinajstić information content (AvgIpc) is 2.94. The van der Waals surface area contributed by atoms with Crippen molar-refractivity contribution < 1.29 is 0 Å². The summed E-state index contributed by atoms with van der Waals surface area (Å²) in [5.41, 5.74) is 44.8. The standard InChI is InChI=1S/2C13H34N6/c2*14-5-1-9-18(10-2-6-15)13-19(11-3-7-16)12-4-8-17/h2*1-17H2. The monoisotopic (exact) mass is 549 g/mol. The third-order valence-corrected chi connectivity index (χ3v) is 6.23. The molecule has 0 aliphatic carbocycles. The predicted octanol–water partition coefficient (Wildman–Crippen LogP) is -2.11. The highest BCUT2D eigenvalue weighted by Crippen LogP contribution is 2.02. The van der Waals surface area contributed by atoms with Gasteiger partial charge in [-0.05, 0) is 104 Å². The first kappa shape index (κ1) is 39.7. The van der Waals surface area contributed by atoms with Gasteiger partial charge in [0.1, 0.15) is 0 Å². The summed E-state index contributed by atoms with van der Waals surface area (Å²) in [6.45, 7) is 16.2. The van der Waals surface area contributed by atoms with Gasteiger partial charge in [0.2, 0.25) is 0 Å². The molecule has 0 fully saturated rings. The Labute approximate surface area is 235 Å². The Bertz CT molecular complexity index is 327. The molecule has 0 saturated carbocycles. The van der Waals surface area contributed by atoms with E-state index in [1.165, 1.54) is 0 Å². The molecule has 16 N–H and O–H groups in total. The van der Waals surface area contributed by atoms with Crippen LogP contribution >= 0.6 is 0 Å². The van der Waals surface area contributed by atoms with Crippen molar-refractivity contribution in [3.05, 3.63) is 0 Å². The Balaban J connectivity index is 0. The van der Waals surface area contributed by atoms with E-state index in [0.717, 1.165) is 169 Å². The van der Waals surface area contributed by atoms with E-state index in [1.807, 2.05) is 0 Å². The minimum atomic E-state index is 0.741. The molecule has 0 atom stereocenters. The first-order valence-corrected chi connectivity index (χ1v) is 15.1. The molecule has 0 amide bonds. The topological polar surface area (TPSA) is 221 Å². The van der Waals surface area contributed by atoms with Gasteiger partial charge in [-0.2, -0.15) is 0 Å². The van der Waals surface area contributed by atoms with Gasteiger partial charge >= 0.3 is 0 Å². The number of hydrogen-bond donors (Lipinski definition) is 8. The van der Waals surface area contributed by atoms with Gasteiger partial charge in [-0.1, -0.05) is 0 Å². The van der Waals surface area contributed by atoms with Crippen LogP contribution in [0.15, 0.2) is 0 Å². The van der Waals surface area contributed by atoms with E-state index in [-0.39, 0.29) is 0 Å². The molecule has 12 nitrogen and oxygen atoms in total. The summed E-state index contributed by atoms with van der Waals surface area (Å²) in [6.07, 6.45) is 8.27. The largest absolute Gasteiger partial charge is 0.330 e. The van der Waals surface area contributed by atoms with Gasteiger partial charge in [-0.25, -0.2) is 0 Å². The van der Waals surface area contributed by atoms with Crippen molar-refractivity contribution >= 4 is 0 Å². The van der Waals surface area contributed by atoms with Crippen LogP contribution in [0.1, 0.15) is 51.4 Å². The first-order valence-electron chi connectivity index (χ1n) is 15.1. The summed E-state index contributed by atoms with van der Waals surface area (Å²) in [4.78, 5) is 9.75. The van der Waals surface area contributed by atoms with E-state index < -0.39 is 0 Å². The molecule has 0 aromatic heterocycles. The minimum absolute atomic E-state index is 0.741. The van der Waals surface area contributed by atoms with Crippen LogP contribution in [0.3, 0.4) is 0 Å². The molecule has 0 aliphatic heterocycles. The van der Waals surface area contributed by atoms with Crippen molar-refractivity contribution in [3.63, 3.8) is 0 Å². The summed E-state index contributed by atoms with van der Waals surface area (Å²) in [7, 11) is 0. The summed E-state index contributed by atoms with van der Waals surface area (Å²) in [5.74, 6) is 0. The van der Waals surface area contributed by atoms with Crippen LogP contribution in [0.25, 0.3) is 0 Å². The maximum atomic E-state index is 5.60. The molecule has 12 heteroatoms. The van der Waals surface area contributed by atoms with Crippen LogP contribution in [0.2, 0.25) is 0 Å². The lowest BCUT2D eigenvalue weighted by Crippen LogP contribution is -2.41. The van der Waals surface area contributed by atoms with E-state index >= 15 is 0 Å². The Kier molecular flexibility index (Phi) is 34.2. The fourth-order valence-electron chi connectivity index (χ4n) is 4.10. The third-order valence-electron chi connectivity index (χ3n) is 6.23. The minimum Gasteiger partial charge on any atom is -0.330 e. The van der Waals surface area contributed by atoms with Crippen molar-refractivity contribution in [2.45, 2.75) is 51.4 Å². The quantitative estimate of drug-likeness (QED) is 0.0492. The lowest BCUT2D eigenvalue weighted by atomic mass is 10.3. The SMILES string of the molecule is NCCCN(CCCN)CN(CCCN)CCCN.NCCCN(CCCN)CN(CCCN)CCCN. The lowest BCUT2D eigenvalue weighted by molar-refractivity contribution is 0.128. The van der Waals surface area contributed by atoms with Crippen molar-refractivity contribution in [1.29, 1.82) is 0 Å². The van der Waals surface area contributed by atoms with E-state index in [2.05, 4.69) is 19.6 Å². The van der Waals surface area contributed by atoms with Gasteiger partial charge in [-0.15, -0.1) is 0 Å². The lowest BCUT2D eigenvalue weighted by Gasteiger charge is -2.30. The van der Waals surface area contributed by atoms with Crippen molar-refractivity contribution in [2.75, 3.05) is 118 Å². The van der Waals surface area contributed by atoms with Gasteiger partial charge in [0.25, 0.3) is 0 Å². The molecule has 0 rings (SSSR count). The van der Waals surface area contributed by atoms with E-state index in [0.29, 0.717) is 0 Å². The highest BCUT2D eigenvalue weighted by molar-refractivity contribution is 4.65. The molecule has 38 heavy (non-hydrogen) atoms. The fourth-order valence-corrected chi connectivity index (χ4v) is 4.10. The van der Waals surface area contributed by atoms with Crippen LogP contribution in [-0.4, -0.2) is 138 Å². The van der Waals surface area contributed by atoms with Gasteiger partial charge in [0.15, 0.2) is 0 Å². The maximum absolute atomic E-state index is 5.60. The van der Waals surface area contributed by atoms with E-state index in [1.54, 1.807) is 0 Å². The van der Waals surface area contributed by atoms with Gasteiger partial charge < -0.3 is 45.9 Å². The summed E-state index contributed by atoms with van der Waals surface area (Å²) < 4.78 is 0. The van der Waals surface area contributed by atoms with Gasteiger partial charge in [0.05, 0.1) is 13.3 Å². The molecular formula is C26H68N12. The highest BCUT2D eigenvalue weighted by atomic mass is 15.3. The highest BCUT2D eigenvalue weighted by Gasteiger charge is 2.11. The number of nitrogens with zero attached hydrogens (tertiary/aromatic N) is 4. The second-order valence-electron chi connectivity index (χ2n) is 9.89. The zero-order chi connectivity index (χ0) is 28.7. The fraction of sp³-hybridized carbons (Fsp3) is 1.00. The molecule has 232 valence electrons. The van der Waals surface area contributed by atoms with Crippen molar-refractivity contribution in [1.82, 2.24) is 19.6 Å². The number of hydrogen-bond acceptors (Lipinski definition) is 12. The summed E-state index contributed by atoms with van der Waals surface area (Å²) >= 11 is 0. The molecule has 0 spiro atoms. The van der Waals surface area contributed by atoms with Crippen LogP contribution in [0.4, 0.5) is 0 Å². The third kappa shape index (κ3) is 27.1.